The molecule has 0 unspecified atom stereocenters. The number of pyridine rings is 1. The first-order chi connectivity index (χ1) is 14.7. The Morgan fingerprint density at radius 2 is 1.80 bits per heavy atom. The topological polar surface area (TPSA) is 91.0 Å². The van der Waals surface area contributed by atoms with Gasteiger partial charge in [-0.15, -0.1) is 0 Å². The van der Waals surface area contributed by atoms with Crippen molar-refractivity contribution in [2.45, 2.75) is 19.9 Å². The molecule has 0 spiro atoms. The summed E-state index contributed by atoms with van der Waals surface area (Å²) in [6.07, 6.45) is 2.59. The average molecular weight is 406 g/mol. The van der Waals surface area contributed by atoms with Crippen LogP contribution in [0, 0.1) is 0 Å². The van der Waals surface area contributed by atoms with Gasteiger partial charge in [-0.3, -0.25) is 0 Å². The van der Waals surface area contributed by atoms with Crippen LogP contribution in [0.25, 0.3) is 0 Å². The van der Waals surface area contributed by atoms with Gasteiger partial charge >= 0.3 is 0 Å². The highest BCUT2D eigenvalue weighted by Crippen LogP contribution is 2.32. The van der Waals surface area contributed by atoms with E-state index in [2.05, 4.69) is 22.2 Å². The lowest BCUT2D eigenvalue weighted by atomic mass is 10.2. The fraction of sp³-hybridized carbons (Fsp3) is 0.217. The van der Waals surface area contributed by atoms with E-state index in [0.717, 1.165) is 23.4 Å². The third-order valence-corrected chi connectivity index (χ3v) is 4.15. The largest absolute Gasteiger partial charge is 0.497 e. The Morgan fingerprint density at radius 3 is 2.53 bits per heavy atom. The number of benzene rings is 2. The normalized spacial score (nSPS) is 11.1. The maximum absolute atomic E-state index is 6.03. The van der Waals surface area contributed by atoms with Gasteiger partial charge in [0.1, 0.15) is 5.75 Å². The molecule has 0 saturated carbocycles. The molecule has 0 aliphatic heterocycles. The zero-order valence-electron chi connectivity index (χ0n) is 17.2. The number of nitrogens with one attached hydrogen (secondary N) is 1. The number of hydrogen-bond acceptors (Lipinski definition) is 5. The summed E-state index contributed by atoms with van der Waals surface area (Å²) in [6, 6.07) is 18.7. The highest BCUT2D eigenvalue weighted by molar-refractivity contribution is 5.92. The van der Waals surface area contributed by atoms with Crippen LogP contribution >= 0.6 is 0 Å². The molecule has 3 aromatic rings. The summed E-state index contributed by atoms with van der Waals surface area (Å²) in [7, 11) is 1.63. The van der Waals surface area contributed by atoms with Crippen molar-refractivity contribution in [2.75, 3.05) is 19.0 Å². The molecule has 0 atom stereocenters. The number of methoxy groups -OCH3 is 1. The van der Waals surface area contributed by atoms with Crippen LogP contribution in [-0.4, -0.2) is 24.7 Å². The average Bonchev–Trinajstić information content (AvgIpc) is 2.78. The van der Waals surface area contributed by atoms with E-state index >= 15 is 0 Å². The summed E-state index contributed by atoms with van der Waals surface area (Å²) in [5.74, 6) is 2.82. The number of ether oxygens (including phenoxy) is 3. The first-order valence-electron chi connectivity index (χ1n) is 9.74. The van der Waals surface area contributed by atoms with Crippen LogP contribution in [0.4, 0.5) is 5.69 Å². The molecule has 0 fully saturated rings. The van der Waals surface area contributed by atoms with Crippen molar-refractivity contribution in [1.29, 1.82) is 0 Å². The van der Waals surface area contributed by atoms with Crippen LogP contribution in [0.3, 0.4) is 0 Å². The molecule has 1 heterocycles. The van der Waals surface area contributed by atoms with Gasteiger partial charge in [-0.2, -0.15) is 0 Å². The number of guanidine groups is 1. The molecule has 3 N–H and O–H groups in total. The maximum atomic E-state index is 6.03. The molecule has 2 aromatic carbocycles. The van der Waals surface area contributed by atoms with Crippen molar-refractivity contribution in [3.8, 4) is 23.1 Å². The van der Waals surface area contributed by atoms with Crippen molar-refractivity contribution in [2.24, 2.45) is 10.7 Å². The minimum atomic E-state index is 0.293. The Kier molecular flexibility index (Phi) is 7.49. The lowest BCUT2D eigenvalue weighted by Gasteiger charge is -2.13. The first-order valence-corrected chi connectivity index (χ1v) is 9.74. The van der Waals surface area contributed by atoms with E-state index in [0.29, 0.717) is 36.5 Å². The van der Waals surface area contributed by atoms with Gasteiger partial charge in [-0.1, -0.05) is 25.1 Å². The number of anilines is 1. The van der Waals surface area contributed by atoms with Crippen molar-refractivity contribution in [3.63, 3.8) is 0 Å². The summed E-state index contributed by atoms with van der Waals surface area (Å²) in [4.78, 5) is 8.76. The number of nitrogens with two attached hydrogens (primary N) is 1. The molecular weight excluding hydrogens is 380 g/mol. The maximum Gasteiger partial charge on any atom is 0.224 e. The SMILES string of the molecule is CCCOc1ccccc1Oc1ncccc1CN=C(N)Nc1ccc(OC)cc1. The van der Waals surface area contributed by atoms with Crippen LogP contribution in [0.2, 0.25) is 0 Å². The minimum Gasteiger partial charge on any atom is -0.497 e. The Hall–Kier alpha value is -3.74. The summed E-state index contributed by atoms with van der Waals surface area (Å²) in [6.45, 7) is 2.99. The van der Waals surface area contributed by atoms with Crippen molar-refractivity contribution in [3.05, 3.63) is 72.4 Å². The highest BCUT2D eigenvalue weighted by Gasteiger charge is 2.10. The second kappa shape index (κ2) is 10.7. The van der Waals surface area contributed by atoms with Gasteiger partial charge in [0.2, 0.25) is 5.88 Å². The number of nitrogens with zero attached hydrogens (tertiary/aromatic N) is 2. The molecule has 30 heavy (non-hydrogen) atoms. The molecule has 0 amide bonds. The first kappa shape index (κ1) is 21.0. The lowest BCUT2D eigenvalue weighted by molar-refractivity contribution is 0.300. The van der Waals surface area contributed by atoms with Crippen LogP contribution in [-0.2, 0) is 6.54 Å². The summed E-state index contributed by atoms with van der Waals surface area (Å²) >= 11 is 0. The highest BCUT2D eigenvalue weighted by atomic mass is 16.5. The van der Waals surface area contributed by atoms with E-state index in [4.69, 9.17) is 19.9 Å². The van der Waals surface area contributed by atoms with Crippen LogP contribution < -0.4 is 25.3 Å². The van der Waals surface area contributed by atoms with Crippen molar-refractivity contribution >= 4 is 11.6 Å². The quantitative estimate of drug-likeness (QED) is 0.399. The third kappa shape index (κ3) is 5.88. The summed E-state index contributed by atoms with van der Waals surface area (Å²) < 4.78 is 16.9. The third-order valence-electron chi connectivity index (χ3n) is 4.15. The summed E-state index contributed by atoms with van der Waals surface area (Å²) in [5, 5.41) is 3.06. The van der Waals surface area contributed by atoms with E-state index in [-0.39, 0.29) is 0 Å². The molecular formula is C23H26N4O3. The smallest absolute Gasteiger partial charge is 0.224 e. The van der Waals surface area contributed by atoms with Crippen LogP contribution in [0.5, 0.6) is 23.1 Å². The standard InChI is InChI=1S/C23H26N4O3/c1-3-15-29-20-8-4-5-9-21(20)30-22-17(7-6-14-25-22)16-26-23(24)27-18-10-12-19(28-2)13-11-18/h4-14H,3,15-16H2,1-2H3,(H3,24,26,27). The van der Waals surface area contributed by atoms with E-state index in [1.807, 2.05) is 60.7 Å². The Balaban J connectivity index is 1.70. The molecule has 0 aliphatic carbocycles. The fourth-order valence-electron chi connectivity index (χ4n) is 2.64. The molecule has 7 heteroatoms. The number of rotatable bonds is 9. The number of aliphatic imine (C=N–C) groups is 1. The monoisotopic (exact) mass is 406 g/mol. The van der Waals surface area contributed by atoms with E-state index in [1.54, 1.807) is 13.3 Å². The minimum absolute atomic E-state index is 0.293. The molecule has 3 rings (SSSR count). The zero-order chi connectivity index (χ0) is 21.2. The van der Waals surface area contributed by atoms with Crippen molar-refractivity contribution in [1.82, 2.24) is 4.98 Å². The predicted octanol–water partition coefficient (Wildman–Crippen LogP) is 4.60. The zero-order valence-corrected chi connectivity index (χ0v) is 17.2. The predicted molar refractivity (Wildman–Crippen MR) is 118 cm³/mol. The molecule has 0 radical (unpaired) electrons. The van der Waals surface area contributed by atoms with Crippen molar-refractivity contribution < 1.29 is 14.2 Å². The molecule has 7 nitrogen and oxygen atoms in total. The molecule has 1 aromatic heterocycles. The lowest BCUT2D eigenvalue weighted by Crippen LogP contribution is -2.22. The number of aromatic nitrogens is 1. The Morgan fingerprint density at radius 1 is 1.03 bits per heavy atom. The molecule has 156 valence electrons. The Labute approximate surface area is 176 Å². The second-order valence-electron chi connectivity index (χ2n) is 6.42. The second-order valence-corrected chi connectivity index (χ2v) is 6.42. The van der Waals surface area contributed by atoms with E-state index < -0.39 is 0 Å². The number of hydrogen-bond donors (Lipinski definition) is 2. The van der Waals surface area contributed by atoms with Gasteiger partial charge in [-0.25, -0.2) is 9.98 Å². The molecule has 0 bridgehead atoms. The molecule has 0 aliphatic rings. The van der Waals surface area contributed by atoms with E-state index in [1.165, 1.54) is 0 Å². The summed E-state index contributed by atoms with van der Waals surface area (Å²) in [5.41, 5.74) is 7.66. The van der Waals surface area contributed by atoms with Gasteiger partial charge in [-0.05, 0) is 48.9 Å². The van der Waals surface area contributed by atoms with E-state index in [9.17, 15) is 0 Å². The number of para-hydroxylation sites is 2. The van der Waals surface area contributed by atoms with Gasteiger partial charge in [0.05, 0.1) is 20.3 Å². The Bertz CT molecular complexity index is 974. The molecule has 0 saturated heterocycles. The van der Waals surface area contributed by atoms with Gasteiger partial charge in [0, 0.05) is 17.4 Å². The van der Waals surface area contributed by atoms with Gasteiger partial charge in [0.15, 0.2) is 17.5 Å². The fourth-order valence-corrected chi connectivity index (χ4v) is 2.64. The van der Waals surface area contributed by atoms with Gasteiger partial charge < -0.3 is 25.3 Å². The van der Waals surface area contributed by atoms with Gasteiger partial charge in [0.25, 0.3) is 0 Å². The van der Waals surface area contributed by atoms with Crippen LogP contribution in [0.15, 0.2) is 71.9 Å². The van der Waals surface area contributed by atoms with Crippen LogP contribution in [0.1, 0.15) is 18.9 Å².